The van der Waals surface area contributed by atoms with Crippen LogP contribution in [-0.2, 0) is 0 Å². The Bertz CT molecular complexity index is 962. The number of hydrogen-bond donors (Lipinski definition) is 1. The number of anilines is 1. The third-order valence-electron chi connectivity index (χ3n) is 4.29. The minimum atomic E-state index is -0.135. The average Bonchev–Trinajstić information content (AvgIpc) is 3.06. The summed E-state index contributed by atoms with van der Waals surface area (Å²) in [6.45, 7) is 4.79. The number of carbonyl (C=O) groups is 1. The summed E-state index contributed by atoms with van der Waals surface area (Å²) in [6, 6.07) is 13.1. The molecule has 2 aromatic carbocycles. The van der Waals surface area contributed by atoms with Crippen LogP contribution in [0.2, 0.25) is 0 Å². The number of nitrogens with zero attached hydrogens (tertiary/aromatic N) is 1. The maximum Gasteiger partial charge on any atom is 0.255 e. The highest BCUT2D eigenvalue weighted by Crippen LogP contribution is 2.24. The molecule has 0 unspecified atom stereocenters. The molecule has 1 amide bonds. The predicted octanol–water partition coefficient (Wildman–Crippen LogP) is 6.37. The van der Waals surface area contributed by atoms with Gasteiger partial charge in [-0.1, -0.05) is 38.0 Å². The van der Waals surface area contributed by atoms with Gasteiger partial charge in [-0.15, -0.1) is 11.3 Å². The van der Waals surface area contributed by atoms with Crippen molar-refractivity contribution in [3.63, 3.8) is 0 Å². The van der Waals surface area contributed by atoms with Crippen LogP contribution in [0.5, 0.6) is 5.75 Å². The van der Waals surface area contributed by atoms with Gasteiger partial charge in [-0.25, -0.2) is 4.98 Å². The number of allylic oxidation sites excluding steroid dienone is 1. The number of nitrogens with one attached hydrogen (secondary N) is 1. The second-order valence-electron chi connectivity index (χ2n) is 6.65. The minimum absolute atomic E-state index is 0.135. The number of carbonyl (C=O) groups excluding carboxylic acids is 1. The molecule has 0 atom stereocenters. The second-order valence-corrected chi connectivity index (χ2v) is 7.88. The Morgan fingerprint density at radius 2 is 2.04 bits per heavy atom. The van der Waals surface area contributed by atoms with E-state index in [1.807, 2.05) is 49.4 Å². The summed E-state index contributed by atoms with van der Waals surface area (Å²) in [6.07, 6.45) is 8.84. The number of fused-ring (bicyclic) bond motifs is 1. The molecule has 0 spiro atoms. The first-order valence-corrected chi connectivity index (χ1v) is 10.5. The van der Waals surface area contributed by atoms with Crippen molar-refractivity contribution in [2.45, 2.75) is 39.5 Å². The fourth-order valence-electron chi connectivity index (χ4n) is 2.85. The molecule has 0 aliphatic rings. The molecular weight excluding hydrogens is 368 g/mol. The molecule has 0 bridgehead atoms. The molecule has 1 N–H and O–H groups in total. The lowest BCUT2D eigenvalue weighted by Gasteiger charge is -2.09. The molecule has 3 aromatic rings. The second kappa shape index (κ2) is 10.0. The summed E-state index contributed by atoms with van der Waals surface area (Å²) in [7, 11) is 0. The maximum absolute atomic E-state index is 12.6. The Morgan fingerprint density at radius 1 is 1.18 bits per heavy atom. The normalized spacial score (nSPS) is 11.2. The van der Waals surface area contributed by atoms with Gasteiger partial charge in [-0.3, -0.25) is 4.79 Å². The van der Waals surface area contributed by atoms with Gasteiger partial charge in [0, 0.05) is 17.3 Å². The Hall–Kier alpha value is -2.66. The molecule has 0 aliphatic heterocycles. The average molecular weight is 395 g/mol. The summed E-state index contributed by atoms with van der Waals surface area (Å²) >= 11 is 1.59. The van der Waals surface area contributed by atoms with Crippen LogP contribution in [0.15, 0.2) is 54.6 Å². The van der Waals surface area contributed by atoms with Gasteiger partial charge < -0.3 is 10.1 Å². The first kappa shape index (κ1) is 20.1. The number of aryl methyl sites for hydroxylation is 1. The first-order valence-electron chi connectivity index (χ1n) is 9.72. The van der Waals surface area contributed by atoms with Crippen LogP contribution in [0, 0.1) is 6.92 Å². The maximum atomic E-state index is 12.6. The Morgan fingerprint density at radius 3 is 2.89 bits per heavy atom. The number of rotatable bonds is 9. The Kier molecular flexibility index (Phi) is 7.20. The van der Waals surface area contributed by atoms with Crippen LogP contribution in [-0.4, -0.2) is 17.5 Å². The van der Waals surface area contributed by atoms with Crippen molar-refractivity contribution < 1.29 is 9.53 Å². The van der Waals surface area contributed by atoms with Crippen molar-refractivity contribution in [1.82, 2.24) is 4.98 Å². The molecular formula is C23H26N2O2S. The van der Waals surface area contributed by atoms with E-state index in [0.29, 0.717) is 12.2 Å². The lowest BCUT2D eigenvalue weighted by Crippen LogP contribution is -2.11. The highest BCUT2D eigenvalue weighted by atomic mass is 32.1. The van der Waals surface area contributed by atoms with Gasteiger partial charge >= 0.3 is 0 Å². The zero-order valence-electron chi connectivity index (χ0n) is 16.4. The summed E-state index contributed by atoms with van der Waals surface area (Å²) in [5.74, 6) is 0.622. The number of unbranched alkanes of at least 4 members (excludes halogenated alkanes) is 2. The molecule has 1 heterocycles. The molecule has 0 saturated carbocycles. The first-order chi connectivity index (χ1) is 13.7. The molecule has 28 heavy (non-hydrogen) atoms. The van der Waals surface area contributed by atoms with E-state index in [9.17, 15) is 4.79 Å². The number of hydrogen-bond acceptors (Lipinski definition) is 4. The lowest BCUT2D eigenvalue weighted by molar-refractivity contribution is 0.102. The van der Waals surface area contributed by atoms with E-state index >= 15 is 0 Å². The number of ether oxygens (including phenoxy) is 1. The SMILES string of the molecule is CCCCC=CCCOc1cccc(NC(=O)c2ccc3nc(C)sc3c2)c1. The van der Waals surface area contributed by atoms with Gasteiger partial charge in [-0.2, -0.15) is 0 Å². The highest BCUT2D eigenvalue weighted by molar-refractivity contribution is 7.18. The highest BCUT2D eigenvalue weighted by Gasteiger charge is 2.09. The number of benzene rings is 2. The van der Waals surface area contributed by atoms with E-state index in [1.54, 1.807) is 11.3 Å². The van der Waals surface area contributed by atoms with Gasteiger partial charge in [0.2, 0.25) is 0 Å². The van der Waals surface area contributed by atoms with Crippen molar-refractivity contribution in [3.05, 3.63) is 65.2 Å². The predicted molar refractivity (Wildman–Crippen MR) is 118 cm³/mol. The van der Waals surface area contributed by atoms with E-state index in [1.165, 1.54) is 12.8 Å². The van der Waals surface area contributed by atoms with Crippen molar-refractivity contribution in [2.75, 3.05) is 11.9 Å². The van der Waals surface area contributed by atoms with Gasteiger partial charge in [0.25, 0.3) is 5.91 Å². The van der Waals surface area contributed by atoms with Crippen LogP contribution in [0.1, 0.15) is 48.0 Å². The van der Waals surface area contributed by atoms with Gasteiger partial charge in [-0.05, 0) is 50.1 Å². The molecule has 0 fully saturated rings. The van der Waals surface area contributed by atoms with Crippen LogP contribution < -0.4 is 10.1 Å². The largest absolute Gasteiger partial charge is 0.493 e. The molecule has 4 nitrogen and oxygen atoms in total. The zero-order chi connectivity index (χ0) is 19.8. The van der Waals surface area contributed by atoms with E-state index in [2.05, 4.69) is 29.4 Å². The molecule has 1 aromatic heterocycles. The molecule has 0 aliphatic carbocycles. The van der Waals surface area contributed by atoms with Crippen molar-refractivity contribution >= 4 is 33.1 Å². The van der Waals surface area contributed by atoms with E-state index < -0.39 is 0 Å². The fraction of sp³-hybridized carbons (Fsp3) is 0.304. The Labute approximate surface area is 170 Å². The number of amides is 1. The molecule has 5 heteroatoms. The smallest absolute Gasteiger partial charge is 0.255 e. The number of thiazole rings is 1. The van der Waals surface area contributed by atoms with Crippen LogP contribution in [0.4, 0.5) is 5.69 Å². The van der Waals surface area contributed by atoms with Crippen molar-refractivity contribution in [2.24, 2.45) is 0 Å². The van der Waals surface area contributed by atoms with Crippen molar-refractivity contribution in [1.29, 1.82) is 0 Å². The summed E-state index contributed by atoms with van der Waals surface area (Å²) in [5, 5.41) is 3.94. The molecule has 146 valence electrons. The zero-order valence-corrected chi connectivity index (χ0v) is 17.2. The van der Waals surface area contributed by atoms with E-state index in [-0.39, 0.29) is 5.91 Å². The van der Waals surface area contributed by atoms with Gasteiger partial charge in [0.1, 0.15) is 5.75 Å². The van der Waals surface area contributed by atoms with E-state index in [0.717, 1.165) is 39.5 Å². The van der Waals surface area contributed by atoms with Gasteiger partial charge in [0.05, 0.1) is 21.8 Å². The van der Waals surface area contributed by atoms with Crippen LogP contribution in [0.3, 0.4) is 0 Å². The molecule has 3 rings (SSSR count). The van der Waals surface area contributed by atoms with Crippen LogP contribution in [0.25, 0.3) is 10.2 Å². The molecule has 0 saturated heterocycles. The topological polar surface area (TPSA) is 51.2 Å². The fourth-order valence-corrected chi connectivity index (χ4v) is 3.72. The lowest BCUT2D eigenvalue weighted by atomic mass is 10.2. The Balaban J connectivity index is 1.55. The quantitative estimate of drug-likeness (QED) is 0.339. The number of aromatic nitrogens is 1. The molecule has 0 radical (unpaired) electrons. The summed E-state index contributed by atoms with van der Waals surface area (Å²) in [4.78, 5) is 17.0. The standard InChI is InChI=1S/C23H26N2O2S/c1-3-4-5-6-7-8-14-27-20-11-9-10-19(16-20)25-23(26)18-12-13-21-22(15-18)28-17(2)24-21/h6-7,9-13,15-16H,3-5,8,14H2,1-2H3,(H,25,26). The third kappa shape index (κ3) is 5.67. The van der Waals surface area contributed by atoms with Gasteiger partial charge in [0.15, 0.2) is 0 Å². The third-order valence-corrected chi connectivity index (χ3v) is 5.23. The monoisotopic (exact) mass is 394 g/mol. The minimum Gasteiger partial charge on any atom is -0.493 e. The summed E-state index contributed by atoms with van der Waals surface area (Å²) < 4.78 is 6.81. The van der Waals surface area contributed by atoms with Crippen LogP contribution >= 0.6 is 11.3 Å². The van der Waals surface area contributed by atoms with Crippen molar-refractivity contribution in [3.8, 4) is 5.75 Å². The van der Waals surface area contributed by atoms with E-state index in [4.69, 9.17) is 4.74 Å². The summed E-state index contributed by atoms with van der Waals surface area (Å²) in [5.41, 5.74) is 2.28.